The molecule has 39 heavy (non-hydrogen) atoms. The van der Waals surface area contributed by atoms with Crippen LogP contribution in [0.3, 0.4) is 0 Å². The van der Waals surface area contributed by atoms with Crippen LogP contribution in [0, 0.1) is 0 Å². The van der Waals surface area contributed by atoms with E-state index in [1.165, 1.54) is 27.8 Å². The number of carbonyl (C=O) groups excluding carboxylic acids is 1. The molecule has 1 aliphatic rings. The Labute approximate surface area is 230 Å². The van der Waals surface area contributed by atoms with Gasteiger partial charge in [0.1, 0.15) is 5.75 Å². The molecular weight excluding hydrogens is 532 g/mol. The lowest BCUT2D eigenvalue weighted by Crippen LogP contribution is -2.31. The predicted octanol–water partition coefficient (Wildman–Crippen LogP) is 5.30. The number of anilines is 2. The number of methoxy groups -OCH3 is 1. The third kappa shape index (κ3) is 4.73. The number of aromatic nitrogens is 2. The summed E-state index contributed by atoms with van der Waals surface area (Å²) in [6, 6.07) is 22.9. The summed E-state index contributed by atoms with van der Waals surface area (Å²) >= 11 is 1.40. The van der Waals surface area contributed by atoms with Gasteiger partial charge in [0.25, 0.3) is 15.9 Å². The van der Waals surface area contributed by atoms with Crippen LogP contribution in [0.4, 0.5) is 10.8 Å². The summed E-state index contributed by atoms with van der Waals surface area (Å²) in [7, 11) is -2.17. The van der Waals surface area contributed by atoms with E-state index < -0.39 is 10.0 Å². The van der Waals surface area contributed by atoms with Crippen LogP contribution in [0.1, 0.15) is 21.5 Å². The Morgan fingerprint density at radius 3 is 2.64 bits per heavy atom. The molecule has 8 nitrogen and oxygen atoms in total. The van der Waals surface area contributed by atoms with E-state index in [9.17, 15) is 13.2 Å². The predicted molar refractivity (Wildman–Crippen MR) is 152 cm³/mol. The average Bonchev–Trinajstić information content (AvgIpc) is 3.60. The highest BCUT2D eigenvalue weighted by Gasteiger charge is 2.31. The highest BCUT2D eigenvalue weighted by Crippen LogP contribution is 2.34. The zero-order valence-electron chi connectivity index (χ0n) is 21.0. The van der Waals surface area contributed by atoms with E-state index in [-0.39, 0.29) is 17.3 Å². The number of carbonyl (C=O) groups is 1. The molecule has 0 radical (unpaired) electrons. The minimum Gasteiger partial charge on any atom is -0.497 e. The highest BCUT2D eigenvalue weighted by molar-refractivity contribution is 7.92. The first kappa shape index (κ1) is 25.0. The zero-order chi connectivity index (χ0) is 27.0. The molecule has 10 heteroatoms. The number of fused-ring (bicyclic) bond motifs is 2. The van der Waals surface area contributed by atoms with Crippen molar-refractivity contribution in [2.75, 3.05) is 22.9 Å². The Balaban J connectivity index is 1.32. The summed E-state index contributed by atoms with van der Waals surface area (Å²) in [6.45, 7) is 0.651. The minimum absolute atomic E-state index is 0.140. The number of pyridine rings is 1. The van der Waals surface area contributed by atoms with Crippen molar-refractivity contribution >= 4 is 48.3 Å². The van der Waals surface area contributed by atoms with Crippen molar-refractivity contribution in [1.29, 1.82) is 0 Å². The average molecular weight is 557 g/mol. The van der Waals surface area contributed by atoms with Gasteiger partial charge in [0, 0.05) is 30.6 Å². The van der Waals surface area contributed by atoms with Gasteiger partial charge >= 0.3 is 0 Å². The quantitative estimate of drug-likeness (QED) is 0.270. The molecule has 0 atom stereocenters. The van der Waals surface area contributed by atoms with Crippen molar-refractivity contribution in [2.24, 2.45) is 0 Å². The molecule has 0 saturated heterocycles. The fourth-order valence-corrected chi connectivity index (χ4v) is 7.10. The molecule has 3 heterocycles. The van der Waals surface area contributed by atoms with E-state index >= 15 is 0 Å². The summed E-state index contributed by atoms with van der Waals surface area (Å²) in [4.78, 5) is 24.4. The maximum absolute atomic E-state index is 13.8. The number of hydrogen-bond donors (Lipinski definition) is 0. The van der Waals surface area contributed by atoms with Gasteiger partial charge in [0.05, 0.1) is 34.5 Å². The molecule has 1 amide bonds. The van der Waals surface area contributed by atoms with Gasteiger partial charge in [-0.05, 0) is 66.1 Å². The van der Waals surface area contributed by atoms with Crippen LogP contribution in [0.5, 0.6) is 5.75 Å². The molecular formula is C29H24N4O4S2. The van der Waals surface area contributed by atoms with Crippen molar-refractivity contribution in [2.45, 2.75) is 17.9 Å². The summed E-state index contributed by atoms with van der Waals surface area (Å²) in [5.41, 5.74) is 3.64. The van der Waals surface area contributed by atoms with Crippen molar-refractivity contribution in [1.82, 2.24) is 9.97 Å². The molecule has 0 aliphatic carbocycles. The van der Waals surface area contributed by atoms with Gasteiger partial charge in [-0.2, -0.15) is 0 Å². The lowest BCUT2D eigenvalue weighted by Gasteiger charge is -2.21. The van der Waals surface area contributed by atoms with Crippen LogP contribution in [0.25, 0.3) is 10.2 Å². The van der Waals surface area contributed by atoms with Crippen molar-refractivity contribution in [3.63, 3.8) is 0 Å². The first-order chi connectivity index (χ1) is 18.9. The van der Waals surface area contributed by atoms with Gasteiger partial charge in [0.15, 0.2) is 5.13 Å². The Morgan fingerprint density at radius 1 is 1.05 bits per heavy atom. The van der Waals surface area contributed by atoms with Gasteiger partial charge in [-0.1, -0.05) is 35.6 Å². The maximum Gasteiger partial charge on any atom is 0.264 e. The first-order valence-electron chi connectivity index (χ1n) is 12.3. The molecule has 0 fully saturated rings. The summed E-state index contributed by atoms with van der Waals surface area (Å²) in [5.74, 6) is 0.391. The van der Waals surface area contributed by atoms with Crippen LogP contribution in [-0.2, 0) is 23.0 Å². The standard InChI is InChI=1S/C29H24N4O4S2/c1-37-23-10-13-27-25(17-23)31-29(38-27)32(19-20-5-4-15-30-18-20)28(34)22-8-11-24(12-9-22)39(35,36)33-16-14-21-6-2-3-7-26(21)33/h2-13,15,17-18H,14,16,19H2,1H3. The Hall–Kier alpha value is -4.28. The van der Waals surface area contributed by atoms with E-state index in [1.807, 2.05) is 54.6 Å². The Bertz CT molecular complexity index is 1770. The van der Waals surface area contributed by atoms with Crippen molar-refractivity contribution in [3.05, 3.63) is 108 Å². The molecule has 0 N–H and O–H groups in total. The van der Waals surface area contributed by atoms with Crippen LogP contribution in [0.15, 0.2) is 96.2 Å². The molecule has 0 bridgehead atoms. The molecule has 0 spiro atoms. The highest BCUT2D eigenvalue weighted by atomic mass is 32.2. The smallest absolute Gasteiger partial charge is 0.264 e. The fraction of sp³-hybridized carbons (Fsp3) is 0.138. The molecule has 1 aliphatic heterocycles. The Morgan fingerprint density at radius 2 is 1.87 bits per heavy atom. The van der Waals surface area contributed by atoms with Gasteiger partial charge in [0.2, 0.25) is 0 Å². The first-order valence-corrected chi connectivity index (χ1v) is 14.6. The maximum atomic E-state index is 13.8. The largest absolute Gasteiger partial charge is 0.497 e. The lowest BCUT2D eigenvalue weighted by atomic mass is 10.2. The molecule has 3 aromatic carbocycles. The molecule has 6 rings (SSSR count). The molecule has 5 aromatic rings. The van der Waals surface area contributed by atoms with Crippen LogP contribution < -0.4 is 13.9 Å². The van der Waals surface area contributed by atoms with E-state index in [4.69, 9.17) is 9.72 Å². The van der Waals surface area contributed by atoms with Gasteiger partial charge in [-0.25, -0.2) is 13.4 Å². The lowest BCUT2D eigenvalue weighted by molar-refractivity contribution is 0.0985. The number of sulfonamides is 1. The minimum atomic E-state index is -3.76. The summed E-state index contributed by atoms with van der Waals surface area (Å²) in [5, 5.41) is 0.525. The SMILES string of the molecule is COc1ccc2sc(N(Cc3cccnc3)C(=O)c3ccc(S(=O)(=O)N4CCc5ccccc54)cc3)nc2c1. The number of rotatable bonds is 7. The monoisotopic (exact) mass is 556 g/mol. The fourth-order valence-electron chi connectivity index (χ4n) is 4.65. The van der Waals surface area contributed by atoms with Gasteiger partial charge in [-0.15, -0.1) is 0 Å². The number of para-hydroxylation sites is 1. The number of hydrogen-bond acceptors (Lipinski definition) is 7. The molecule has 2 aromatic heterocycles. The van der Waals surface area contributed by atoms with Gasteiger partial charge < -0.3 is 4.74 Å². The van der Waals surface area contributed by atoms with E-state index in [2.05, 4.69) is 4.98 Å². The third-order valence-corrected chi connectivity index (χ3v) is 9.54. The second kappa shape index (κ2) is 10.1. The van der Waals surface area contributed by atoms with Crippen molar-refractivity contribution in [3.8, 4) is 5.75 Å². The number of ether oxygens (including phenoxy) is 1. The van der Waals surface area contributed by atoms with E-state index in [1.54, 1.807) is 36.5 Å². The van der Waals surface area contributed by atoms with Crippen LogP contribution in [-0.4, -0.2) is 37.9 Å². The molecule has 0 unspecified atom stereocenters. The number of thiazole rings is 1. The molecule has 0 saturated carbocycles. The summed E-state index contributed by atoms with van der Waals surface area (Å²) < 4.78 is 34.5. The topological polar surface area (TPSA) is 92.7 Å². The van der Waals surface area contributed by atoms with Crippen LogP contribution in [0.2, 0.25) is 0 Å². The normalized spacial score (nSPS) is 12.9. The second-order valence-electron chi connectivity index (χ2n) is 9.06. The Kier molecular flexibility index (Phi) is 6.49. The zero-order valence-corrected chi connectivity index (χ0v) is 22.7. The number of nitrogens with zero attached hydrogens (tertiary/aromatic N) is 4. The summed E-state index contributed by atoms with van der Waals surface area (Å²) in [6.07, 6.45) is 4.06. The van der Waals surface area contributed by atoms with E-state index in [0.717, 1.165) is 21.3 Å². The molecule has 196 valence electrons. The third-order valence-electron chi connectivity index (χ3n) is 6.66. The van der Waals surface area contributed by atoms with Gasteiger partial charge in [-0.3, -0.25) is 19.0 Å². The van der Waals surface area contributed by atoms with E-state index in [0.29, 0.717) is 35.1 Å². The number of benzene rings is 3. The second-order valence-corrected chi connectivity index (χ2v) is 11.9. The van der Waals surface area contributed by atoms with Crippen LogP contribution >= 0.6 is 11.3 Å². The number of amides is 1. The van der Waals surface area contributed by atoms with Crippen molar-refractivity contribution < 1.29 is 17.9 Å².